The van der Waals surface area contributed by atoms with Gasteiger partial charge in [-0.2, -0.15) is 0 Å². The van der Waals surface area contributed by atoms with Crippen molar-refractivity contribution in [1.82, 2.24) is 0 Å². The number of ether oxygens (including phenoxy) is 1. The summed E-state index contributed by atoms with van der Waals surface area (Å²) in [5, 5.41) is 0. The topological polar surface area (TPSA) is 65.0 Å². The van der Waals surface area contributed by atoms with Crippen molar-refractivity contribution in [2.45, 2.75) is 37.7 Å². The Hall–Kier alpha value is 0.0649. The molecule has 1 rings (SSSR count). The minimum absolute atomic E-state index is 0.433. The zero-order valence-electron chi connectivity index (χ0n) is 8.50. The van der Waals surface area contributed by atoms with Crippen LogP contribution in [0, 0.1) is 0 Å². The van der Waals surface area contributed by atoms with E-state index in [1.54, 1.807) is 6.92 Å². The molecule has 5 atom stereocenters. The molecule has 0 aromatic carbocycles. The highest BCUT2D eigenvalue weighted by Crippen LogP contribution is 2.46. The van der Waals surface area contributed by atoms with E-state index in [9.17, 15) is 8.96 Å². The zero-order valence-corrected chi connectivity index (χ0v) is 9.39. The van der Waals surface area contributed by atoms with Crippen LogP contribution >= 0.6 is 7.82 Å². The van der Waals surface area contributed by atoms with Gasteiger partial charge in [-0.3, -0.25) is 9.05 Å². The van der Waals surface area contributed by atoms with Crippen LogP contribution in [0.5, 0.6) is 0 Å². The van der Waals surface area contributed by atoms with Crippen LogP contribution in [0.3, 0.4) is 0 Å². The fourth-order valence-corrected chi connectivity index (χ4v) is 2.04. The summed E-state index contributed by atoms with van der Waals surface area (Å²) < 4.78 is 38.4. The molecule has 0 bridgehead atoms. The average Bonchev–Trinajstić information content (AvgIpc) is 2.45. The Morgan fingerprint density at radius 1 is 1.67 bits per heavy atom. The van der Waals surface area contributed by atoms with Gasteiger partial charge in [-0.15, -0.1) is 0 Å². The Labute approximate surface area is 88.9 Å². The first-order chi connectivity index (χ1) is 6.91. The summed E-state index contributed by atoms with van der Waals surface area (Å²) in [6, 6.07) is -1.13. The Balaban J connectivity index is 2.70. The Morgan fingerprint density at radius 3 is 2.73 bits per heavy atom. The van der Waals surface area contributed by atoms with Gasteiger partial charge in [-0.25, -0.2) is 8.96 Å². The maximum atomic E-state index is 13.4. The molecule has 8 heteroatoms. The molecule has 0 saturated carbocycles. The van der Waals surface area contributed by atoms with Crippen LogP contribution in [0.2, 0.25) is 0 Å². The molecule has 2 radical (unpaired) electrons. The number of rotatable bonds is 4. The summed E-state index contributed by atoms with van der Waals surface area (Å²) in [5.74, 6) is 0. The van der Waals surface area contributed by atoms with Gasteiger partial charge in [0.25, 0.3) is 0 Å². The van der Waals surface area contributed by atoms with Gasteiger partial charge in [0.2, 0.25) is 0 Å². The lowest BCUT2D eigenvalue weighted by molar-refractivity contribution is 0.0224. The van der Waals surface area contributed by atoms with Crippen LogP contribution in [0.15, 0.2) is 0 Å². The standard InChI is InChI=1S/C7H13BFO5P/c1-3-4-6(5(9)7(8)13-4)14-15(10,11)12-2/h4-7H,3H2,1-2H3,(H,10,11)/t4-,5?,6+,7-/m1/s1. The first-order valence-corrected chi connectivity index (χ1v) is 6.03. The van der Waals surface area contributed by atoms with Crippen LogP contribution in [0.4, 0.5) is 4.39 Å². The number of hydrogen-bond donors (Lipinski definition) is 1. The van der Waals surface area contributed by atoms with Gasteiger partial charge < -0.3 is 9.63 Å². The third-order valence-corrected chi connectivity index (χ3v) is 3.19. The van der Waals surface area contributed by atoms with Crippen molar-refractivity contribution in [1.29, 1.82) is 0 Å². The molecule has 1 aliphatic rings. The molecule has 15 heavy (non-hydrogen) atoms. The number of halogens is 1. The van der Waals surface area contributed by atoms with E-state index in [0.29, 0.717) is 6.42 Å². The normalized spacial score (nSPS) is 40.3. The second kappa shape index (κ2) is 4.93. The second-order valence-electron chi connectivity index (χ2n) is 3.21. The van der Waals surface area contributed by atoms with Gasteiger partial charge in [-0.05, 0) is 6.42 Å². The molecule has 1 N–H and O–H groups in total. The molecule has 2 unspecified atom stereocenters. The molecule has 1 fully saturated rings. The van der Waals surface area contributed by atoms with Crippen molar-refractivity contribution in [2.75, 3.05) is 7.11 Å². The van der Waals surface area contributed by atoms with Crippen molar-refractivity contribution < 1.29 is 27.6 Å². The van der Waals surface area contributed by atoms with E-state index in [0.717, 1.165) is 7.11 Å². The summed E-state index contributed by atoms with van der Waals surface area (Å²) in [6.07, 6.45) is -3.00. The molecule has 86 valence electrons. The van der Waals surface area contributed by atoms with Crippen LogP contribution in [-0.2, 0) is 18.3 Å². The van der Waals surface area contributed by atoms with E-state index in [1.165, 1.54) is 0 Å². The molecule has 1 saturated heterocycles. The SMILES string of the molecule is [B][C@@H]1O[C@H](CC)[C@H](OP(=O)(O)OC)C1F. The average molecular weight is 238 g/mol. The molecule has 0 aromatic rings. The summed E-state index contributed by atoms with van der Waals surface area (Å²) in [5.41, 5.74) is 0. The first kappa shape index (κ1) is 13.1. The van der Waals surface area contributed by atoms with Crippen molar-refractivity contribution in [3.05, 3.63) is 0 Å². The maximum Gasteiger partial charge on any atom is 0.472 e. The van der Waals surface area contributed by atoms with E-state index in [2.05, 4.69) is 9.05 Å². The molecule has 0 amide bonds. The van der Waals surface area contributed by atoms with Crippen LogP contribution in [-0.4, -0.2) is 44.2 Å². The zero-order chi connectivity index (χ0) is 11.6. The Bertz CT molecular complexity index is 266. The largest absolute Gasteiger partial charge is 0.472 e. The minimum atomic E-state index is -4.21. The highest BCUT2D eigenvalue weighted by atomic mass is 31.2. The highest BCUT2D eigenvalue weighted by molar-refractivity contribution is 7.47. The third kappa shape index (κ3) is 3.01. The second-order valence-corrected chi connectivity index (χ2v) is 4.73. The number of phosphoric acid groups is 1. The monoisotopic (exact) mass is 238 g/mol. The molecule has 0 spiro atoms. The number of phosphoric ester groups is 1. The molecule has 1 heterocycles. The predicted molar refractivity (Wildman–Crippen MR) is 51.3 cm³/mol. The number of alkyl halides is 1. The summed E-state index contributed by atoms with van der Waals surface area (Å²) in [6.45, 7) is 1.74. The van der Waals surface area contributed by atoms with E-state index in [1.807, 2.05) is 0 Å². The van der Waals surface area contributed by atoms with E-state index < -0.39 is 32.2 Å². The minimum Gasteiger partial charge on any atom is -0.379 e. The van der Waals surface area contributed by atoms with Crippen molar-refractivity contribution in [2.24, 2.45) is 0 Å². The first-order valence-electron chi connectivity index (χ1n) is 4.53. The van der Waals surface area contributed by atoms with Crippen molar-refractivity contribution >= 4 is 15.7 Å². The fraction of sp³-hybridized carbons (Fsp3) is 1.00. The van der Waals surface area contributed by atoms with E-state index in [4.69, 9.17) is 17.5 Å². The van der Waals surface area contributed by atoms with Gasteiger partial charge in [0, 0.05) is 7.11 Å². The van der Waals surface area contributed by atoms with Gasteiger partial charge in [0.05, 0.1) is 12.1 Å². The molecule has 0 aliphatic carbocycles. The van der Waals surface area contributed by atoms with Crippen molar-refractivity contribution in [3.63, 3.8) is 0 Å². The lowest BCUT2D eigenvalue weighted by atomic mass is 9.94. The third-order valence-electron chi connectivity index (χ3n) is 2.21. The van der Waals surface area contributed by atoms with Crippen molar-refractivity contribution in [3.8, 4) is 0 Å². The molecule has 1 aliphatic heterocycles. The summed E-state index contributed by atoms with van der Waals surface area (Å²) in [7, 11) is 2.10. The van der Waals surface area contributed by atoms with Crippen LogP contribution in [0.1, 0.15) is 13.3 Å². The van der Waals surface area contributed by atoms with Crippen LogP contribution in [0.25, 0.3) is 0 Å². The van der Waals surface area contributed by atoms with Gasteiger partial charge in [0.15, 0.2) is 0 Å². The van der Waals surface area contributed by atoms with Gasteiger partial charge in [0.1, 0.15) is 20.1 Å². The molecule has 0 aromatic heterocycles. The van der Waals surface area contributed by atoms with E-state index in [-0.39, 0.29) is 0 Å². The van der Waals surface area contributed by atoms with Gasteiger partial charge >= 0.3 is 7.82 Å². The molecule has 5 nitrogen and oxygen atoms in total. The lowest BCUT2D eigenvalue weighted by Crippen LogP contribution is -2.31. The summed E-state index contributed by atoms with van der Waals surface area (Å²) >= 11 is 0. The molecular weight excluding hydrogens is 225 g/mol. The fourth-order valence-electron chi connectivity index (χ4n) is 1.40. The highest BCUT2D eigenvalue weighted by Gasteiger charge is 2.45. The lowest BCUT2D eigenvalue weighted by Gasteiger charge is -2.20. The van der Waals surface area contributed by atoms with E-state index >= 15 is 0 Å². The Morgan fingerprint density at radius 2 is 2.27 bits per heavy atom. The maximum absolute atomic E-state index is 13.4. The predicted octanol–water partition coefficient (Wildman–Crippen LogP) is 0.760. The molecular formula is C7H13BFO5P. The summed E-state index contributed by atoms with van der Waals surface area (Å²) in [4.78, 5) is 9.05. The quantitative estimate of drug-likeness (QED) is 0.578. The van der Waals surface area contributed by atoms with Crippen LogP contribution < -0.4 is 0 Å². The smallest absolute Gasteiger partial charge is 0.379 e. The Kier molecular flexibility index (Phi) is 4.32. The number of hydrogen-bond acceptors (Lipinski definition) is 4. The van der Waals surface area contributed by atoms with Gasteiger partial charge in [-0.1, -0.05) is 6.92 Å².